The molecule has 6 heteroatoms. The first-order valence-corrected chi connectivity index (χ1v) is 3.22. The molecule has 0 aliphatic rings. The van der Waals surface area contributed by atoms with Crippen molar-refractivity contribution in [1.82, 2.24) is 0 Å². The predicted octanol–water partition coefficient (Wildman–Crippen LogP) is 3.48. The topological polar surface area (TPSA) is 0 Å². The summed E-state index contributed by atoms with van der Waals surface area (Å²) in [6.07, 6.45) is -2.69. The molecule has 0 saturated carbocycles. The normalized spacial score (nSPS) is 11.3. The van der Waals surface area contributed by atoms with Crippen LogP contribution in [0.25, 0.3) is 0 Å². The second-order valence-corrected chi connectivity index (χ2v) is 4.32. The molecule has 0 aliphatic heterocycles. The highest BCUT2D eigenvalue weighted by Crippen LogP contribution is 2.38. The molecule has 0 fully saturated rings. The van der Waals surface area contributed by atoms with Gasteiger partial charge in [-0.3, -0.25) is 0 Å². The van der Waals surface area contributed by atoms with Crippen LogP contribution >= 0.6 is 31.9 Å². The predicted molar refractivity (Wildman–Crippen MR) is 32.0 cm³/mol. The van der Waals surface area contributed by atoms with Gasteiger partial charge in [0, 0.05) is 0 Å². The van der Waals surface area contributed by atoms with Crippen LogP contribution in [0.15, 0.2) is 11.9 Å². The molecule has 0 N–H and O–H groups in total. The van der Waals surface area contributed by atoms with Gasteiger partial charge >= 0.3 is 6.08 Å². The van der Waals surface area contributed by atoms with Crippen molar-refractivity contribution in [2.45, 2.75) is 3.49 Å². The van der Waals surface area contributed by atoms with E-state index in [9.17, 15) is 17.6 Å². The molecular weight excluding hydrogens is 272 g/mol. The molecule has 0 heterocycles. The average Bonchev–Trinajstić information content (AvgIpc) is 1.62. The van der Waals surface area contributed by atoms with Crippen molar-refractivity contribution in [2.75, 3.05) is 0 Å². The van der Waals surface area contributed by atoms with Gasteiger partial charge < -0.3 is 0 Å². The van der Waals surface area contributed by atoms with Crippen LogP contribution in [0.4, 0.5) is 17.6 Å². The van der Waals surface area contributed by atoms with Crippen molar-refractivity contribution in [3.8, 4) is 0 Å². The fourth-order valence-corrected chi connectivity index (χ4v) is 0.407. The van der Waals surface area contributed by atoms with E-state index in [1.165, 1.54) is 0 Å². The van der Waals surface area contributed by atoms with E-state index in [4.69, 9.17) is 0 Å². The maximum absolute atomic E-state index is 12.0. The van der Waals surface area contributed by atoms with Gasteiger partial charge in [-0.1, -0.05) is 0 Å². The lowest BCUT2D eigenvalue weighted by Crippen LogP contribution is -2.02. The summed E-state index contributed by atoms with van der Waals surface area (Å²) in [5.74, 6) is -2.16. The molecule has 0 amide bonds. The van der Waals surface area contributed by atoms with Crippen LogP contribution in [-0.2, 0) is 0 Å². The molecule has 54 valence electrons. The van der Waals surface area contributed by atoms with Crippen LogP contribution in [0.2, 0.25) is 0 Å². The highest BCUT2D eigenvalue weighted by Gasteiger charge is 2.32. The van der Waals surface area contributed by atoms with E-state index >= 15 is 0 Å². The van der Waals surface area contributed by atoms with Crippen LogP contribution in [0.1, 0.15) is 0 Å². The molecule has 0 unspecified atom stereocenters. The Balaban J connectivity index is 4.40. The summed E-state index contributed by atoms with van der Waals surface area (Å²) in [7, 11) is 0. The maximum atomic E-state index is 12.0. The standard InChI is InChI=1S/C3Br2F4/c4-3(5,9)1(6)2(7)8. The Hall–Kier alpha value is 0.420. The number of halogens is 6. The van der Waals surface area contributed by atoms with Crippen molar-refractivity contribution >= 4 is 31.9 Å². The van der Waals surface area contributed by atoms with Crippen LogP contribution < -0.4 is 0 Å². The number of hydrogen-bond acceptors (Lipinski definition) is 0. The molecule has 0 rings (SSSR count). The van der Waals surface area contributed by atoms with Crippen LogP contribution in [-0.4, -0.2) is 3.49 Å². The Bertz CT molecular complexity index is 131. The number of alkyl halides is 3. The summed E-state index contributed by atoms with van der Waals surface area (Å²) < 4.78 is 43.0. The third-order valence-electron chi connectivity index (χ3n) is 0.415. The monoisotopic (exact) mass is 270 g/mol. The van der Waals surface area contributed by atoms with Gasteiger partial charge in [0.2, 0.25) is 5.83 Å². The van der Waals surface area contributed by atoms with Gasteiger partial charge in [-0.2, -0.15) is 8.78 Å². The van der Waals surface area contributed by atoms with E-state index in [0.29, 0.717) is 0 Å². The fraction of sp³-hybridized carbons (Fsp3) is 0.333. The van der Waals surface area contributed by atoms with Gasteiger partial charge in [0.05, 0.1) is 0 Å². The third kappa shape index (κ3) is 3.20. The first kappa shape index (κ1) is 9.42. The first-order chi connectivity index (χ1) is 3.85. The van der Waals surface area contributed by atoms with Gasteiger partial charge in [-0.05, 0) is 31.9 Å². The zero-order chi connectivity index (χ0) is 7.65. The first-order valence-electron chi connectivity index (χ1n) is 1.63. The van der Waals surface area contributed by atoms with Crippen molar-refractivity contribution in [3.63, 3.8) is 0 Å². The molecule has 0 spiro atoms. The fourth-order valence-electron chi connectivity index (χ4n) is 0.107. The second kappa shape index (κ2) is 3.01. The largest absolute Gasteiger partial charge is 0.306 e. The molecular formula is C3Br2F4. The quantitative estimate of drug-likeness (QED) is 0.506. The molecule has 0 radical (unpaired) electrons. The molecule has 0 aromatic heterocycles. The van der Waals surface area contributed by atoms with E-state index in [-0.39, 0.29) is 0 Å². The van der Waals surface area contributed by atoms with Gasteiger partial charge in [-0.25, -0.2) is 8.78 Å². The smallest absolute Gasteiger partial charge is 0.210 e. The van der Waals surface area contributed by atoms with Gasteiger partial charge in [0.15, 0.2) is 0 Å². The lowest BCUT2D eigenvalue weighted by atomic mass is 10.6. The van der Waals surface area contributed by atoms with Gasteiger partial charge in [-0.15, -0.1) is 0 Å². The second-order valence-electron chi connectivity index (χ2n) is 1.07. The molecule has 0 bridgehead atoms. The van der Waals surface area contributed by atoms with Crippen molar-refractivity contribution in [3.05, 3.63) is 11.9 Å². The summed E-state index contributed by atoms with van der Waals surface area (Å²) in [5.41, 5.74) is 0. The van der Waals surface area contributed by atoms with E-state index < -0.39 is 15.4 Å². The molecule has 0 saturated heterocycles. The molecule has 0 aromatic rings. The SMILES string of the molecule is FC(F)=C(F)C(F)(Br)Br. The van der Waals surface area contributed by atoms with Crippen LogP contribution in [0.3, 0.4) is 0 Å². The highest BCUT2D eigenvalue weighted by molar-refractivity contribution is 9.25. The molecule has 0 nitrogen and oxygen atoms in total. The Kier molecular flexibility index (Phi) is 3.15. The highest BCUT2D eigenvalue weighted by atomic mass is 79.9. The van der Waals surface area contributed by atoms with Crippen molar-refractivity contribution in [2.24, 2.45) is 0 Å². The van der Waals surface area contributed by atoms with Gasteiger partial charge in [0.25, 0.3) is 3.49 Å². The summed E-state index contributed by atoms with van der Waals surface area (Å²) in [6.45, 7) is 0. The minimum absolute atomic E-state index is 1.98. The van der Waals surface area contributed by atoms with Crippen molar-refractivity contribution in [1.29, 1.82) is 0 Å². The lowest BCUT2D eigenvalue weighted by Gasteiger charge is -2.03. The maximum Gasteiger partial charge on any atom is 0.306 e. The summed E-state index contributed by atoms with van der Waals surface area (Å²) >= 11 is 3.96. The summed E-state index contributed by atoms with van der Waals surface area (Å²) in [5, 5.41) is 0. The molecule has 9 heavy (non-hydrogen) atoms. The lowest BCUT2D eigenvalue weighted by molar-refractivity contribution is 0.326. The Morgan fingerprint density at radius 3 is 1.44 bits per heavy atom. The number of rotatable bonds is 1. The third-order valence-corrected chi connectivity index (χ3v) is 1.11. The summed E-state index contributed by atoms with van der Waals surface area (Å²) in [4.78, 5) is 0. The van der Waals surface area contributed by atoms with Crippen LogP contribution in [0, 0.1) is 0 Å². The molecule has 0 aliphatic carbocycles. The molecule has 0 aromatic carbocycles. The zero-order valence-electron chi connectivity index (χ0n) is 3.77. The van der Waals surface area contributed by atoms with E-state index in [0.717, 1.165) is 0 Å². The summed E-state index contributed by atoms with van der Waals surface area (Å²) in [6, 6.07) is 0. The average molecular weight is 272 g/mol. The van der Waals surface area contributed by atoms with E-state index in [2.05, 4.69) is 0 Å². The number of allylic oxidation sites excluding steroid dienone is 1. The minimum Gasteiger partial charge on any atom is -0.210 e. The Morgan fingerprint density at radius 2 is 1.44 bits per heavy atom. The Morgan fingerprint density at radius 1 is 1.11 bits per heavy atom. The van der Waals surface area contributed by atoms with E-state index in [1.54, 1.807) is 0 Å². The van der Waals surface area contributed by atoms with Crippen molar-refractivity contribution < 1.29 is 17.6 Å². The van der Waals surface area contributed by atoms with Gasteiger partial charge in [0.1, 0.15) is 0 Å². The number of hydrogen-bond donors (Lipinski definition) is 0. The van der Waals surface area contributed by atoms with E-state index in [1.807, 2.05) is 31.9 Å². The van der Waals surface area contributed by atoms with Crippen LogP contribution in [0.5, 0.6) is 0 Å². The Labute approximate surface area is 65.2 Å². The molecule has 0 atom stereocenters. The zero-order valence-corrected chi connectivity index (χ0v) is 6.94. The minimum atomic E-state index is -2.93.